The van der Waals surface area contributed by atoms with Crippen LogP contribution in [0.25, 0.3) is 22.0 Å². The third kappa shape index (κ3) is 5.25. The maximum atomic E-state index is 12.9. The second kappa shape index (κ2) is 9.86. The van der Waals surface area contributed by atoms with E-state index in [-0.39, 0.29) is 10.9 Å². The number of fused-ring (bicyclic) bond motifs is 1. The molecule has 1 aromatic heterocycles. The van der Waals surface area contributed by atoms with Gasteiger partial charge in [-0.3, -0.25) is 4.98 Å². The highest BCUT2D eigenvalue weighted by Gasteiger charge is 2.49. The monoisotopic (exact) mass is 517 g/mol. The number of hydrogen-bond acceptors (Lipinski definition) is 7. The predicted octanol–water partition coefficient (Wildman–Crippen LogP) is 5.50. The molecule has 3 aromatic carbocycles. The van der Waals surface area contributed by atoms with Gasteiger partial charge in [-0.2, -0.15) is 21.6 Å². The van der Waals surface area contributed by atoms with E-state index in [0.717, 1.165) is 18.9 Å². The molecule has 36 heavy (non-hydrogen) atoms. The number of halogens is 3. The molecule has 7 nitrogen and oxygen atoms in total. The van der Waals surface area contributed by atoms with E-state index in [9.17, 15) is 26.4 Å². The normalized spacial score (nSPS) is 11.8. The number of methoxy groups -OCH3 is 1. The third-order valence-electron chi connectivity index (χ3n) is 5.12. The molecule has 0 bridgehead atoms. The molecule has 0 aliphatic heterocycles. The SMILES string of the molecule is COC(=O)c1c(OS(=O)(=O)C(F)(F)F)cnc2ccc(-c3cccc(OCc4ccccc4)c3)cc12. The molecule has 0 N–H and O–H groups in total. The van der Waals surface area contributed by atoms with Gasteiger partial charge in [-0.25, -0.2) is 4.79 Å². The van der Waals surface area contributed by atoms with Gasteiger partial charge in [0.25, 0.3) is 0 Å². The predicted molar refractivity (Wildman–Crippen MR) is 125 cm³/mol. The van der Waals surface area contributed by atoms with Crippen molar-refractivity contribution in [3.8, 4) is 22.6 Å². The Labute approximate surface area is 204 Å². The molecule has 0 fully saturated rings. The number of aromatic nitrogens is 1. The number of alkyl halides is 3. The molecule has 11 heteroatoms. The maximum absolute atomic E-state index is 12.9. The van der Waals surface area contributed by atoms with Crippen LogP contribution in [0.3, 0.4) is 0 Å². The number of carbonyl (C=O) groups excluding carboxylic acids is 1. The molecule has 0 aliphatic rings. The van der Waals surface area contributed by atoms with Gasteiger partial charge >= 0.3 is 21.6 Å². The van der Waals surface area contributed by atoms with Gasteiger partial charge in [-0.05, 0) is 41.0 Å². The van der Waals surface area contributed by atoms with Crippen LogP contribution in [-0.4, -0.2) is 32.0 Å². The highest BCUT2D eigenvalue weighted by Crippen LogP contribution is 2.35. The zero-order valence-electron chi connectivity index (χ0n) is 18.7. The Kier molecular flexibility index (Phi) is 6.84. The number of hydrogen-bond donors (Lipinski definition) is 0. The topological polar surface area (TPSA) is 91.8 Å². The van der Waals surface area contributed by atoms with Gasteiger partial charge in [0.1, 0.15) is 17.9 Å². The van der Waals surface area contributed by atoms with E-state index in [1.54, 1.807) is 30.3 Å². The molecule has 0 atom stereocenters. The summed E-state index contributed by atoms with van der Waals surface area (Å²) in [6.07, 6.45) is 0.732. The number of nitrogens with zero attached hydrogens (tertiary/aromatic N) is 1. The van der Waals surface area contributed by atoms with Gasteiger partial charge in [0.15, 0.2) is 5.75 Å². The van der Waals surface area contributed by atoms with Crippen LogP contribution >= 0.6 is 0 Å². The highest BCUT2D eigenvalue weighted by atomic mass is 32.2. The summed E-state index contributed by atoms with van der Waals surface area (Å²) in [5.74, 6) is -1.42. The third-order valence-corrected chi connectivity index (χ3v) is 6.09. The molecule has 4 rings (SSSR count). The van der Waals surface area contributed by atoms with Crippen molar-refractivity contribution in [2.75, 3.05) is 7.11 Å². The fourth-order valence-corrected chi connectivity index (χ4v) is 3.86. The van der Waals surface area contributed by atoms with Crippen molar-refractivity contribution in [1.29, 1.82) is 0 Å². The van der Waals surface area contributed by atoms with E-state index in [1.165, 1.54) is 12.1 Å². The second-order valence-electron chi connectivity index (χ2n) is 7.51. The summed E-state index contributed by atoms with van der Waals surface area (Å²) in [6.45, 7) is 0.340. The summed E-state index contributed by atoms with van der Waals surface area (Å²) in [4.78, 5) is 16.4. The molecule has 186 valence electrons. The van der Waals surface area contributed by atoms with Gasteiger partial charge in [-0.15, -0.1) is 0 Å². The smallest absolute Gasteiger partial charge is 0.489 e. The Morgan fingerprint density at radius 2 is 1.67 bits per heavy atom. The number of ether oxygens (including phenoxy) is 2. The zero-order chi connectivity index (χ0) is 25.9. The van der Waals surface area contributed by atoms with Crippen LogP contribution in [0, 0.1) is 0 Å². The Morgan fingerprint density at radius 3 is 2.36 bits per heavy atom. The van der Waals surface area contributed by atoms with Crippen LogP contribution in [-0.2, 0) is 21.5 Å². The number of benzene rings is 3. The average molecular weight is 517 g/mol. The van der Waals surface area contributed by atoms with E-state index in [1.807, 2.05) is 30.3 Å². The van der Waals surface area contributed by atoms with Crippen molar-refractivity contribution >= 4 is 27.0 Å². The van der Waals surface area contributed by atoms with Crippen molar-refractivity contribution in [3.63, 3.8) is 0 Å². The van der Waals surface area contributed by atoms with Crippen LogP contribution in [0.2, 0.25) is 0 Å². The van der Waals surface area contributed by atoms with E-state index in [4.69, 9.17) is 4.74 Å². The van der Waals surface area contributed by atoms with Gasteiger partial charge in [-0.1, -0.05) is 48.5 Å². The van der Waals surface area contributed by atoms with Crippen molar-refractivity contribution in [2.45, 2.75) is 12.1 Å². The lowest BCUT2D eigenvalue weighted by Gasteiger charge is -2.14. The molecule has 0 spiro atoms. The minimum atomic E-state index is -6.05. The quantitative estimate of drug-likeness (QED) is 0.182. The number of esters is 1. The molecule has 0 saturated carbocycles. The number of pyridine rings is 1. The first-order valence-electron chi connectivity index (χ1n) is 10.4. The summed E-state index contributed by atoms with van der Waals surface area (Å²) in [5, 5.41) is 0.0461. The summed E-state index contributed by atoms with van der Waals surface area (Å²) in [6, 6.07) is 21.3. The standard InChI is InChI=1S/C25H18F3NO6S/c1-33-24(30)23-20-13-18(10-11-21(20)29-14-22(23)35-36(31,32)25(26,27)28)17-8-5-9-19(12-17)34-15-16-6-3-2-4-7-16/h2-14H,15H2,1H3. The van der Waals surface area contributed by atoms with Crippen LogP contribution in [0.5, 0.6) is 11.5 Å². The van der Waals surface area contributed by atoms with Gasteiger partial charge in [0, 0.05) is 5.39 Å². The van der Waals surface area contributed by atoms with E-state index in [2.05, 4.69) is 13.9 Å². The number of carbonyl (C=O) groups is 1. The zero-order valence-corrected chi connectivity index (χ0v) is 19.5. The molecule has 0 unspecified atom stereocenters. The minimum absolute atomic E-state index is 0.0461. The largest absolute Gasteiger partial charge is 0.534 e. The first-order valence-corrected chi connectivity index (χ1v) is 11.8. The summed E-state index contributed by atoms with van der Waals surface area (Å²) in [5.41, 5.74) is -3.77. The average Bonchev–Trinajstić information content (AvgIpc) is 2.86. The van der Waals surface area contributed by atoms with Gasteiger partial charge in [0.2, 0.25) is 0 Å². The van der Waals surface area contributed by atoms with Crippen LogP contribution < -0.4 is 8.92 Å². The molecule has 4 aromatic rings. The van der Waals surface area contributed by atoms with E-state index >= 15 is 0 Å². The first-order chi connectivity index (χ1) is 17.1. The summed E-state index contributed by atoms with van der Waals surface area (Å²) < 4.78 is 76.5. The Hall–Kier alpha value is -4.12. The number of rotatable bonds is 7. The molecular weight excluding hydrogens is 499 g/mol. The van der Waals surface area contributed by atoms with Crippen molar-refractivity contribution in [1.82, 2.24) is 4.98 Å². The fraction of sp³-hybridized carbons (Fsp3) is 0.120. The van der Waals surface area contributed by atoms with Gasteiger partial charge < -0.3 is 13.7 Å². The van der Waals surface area contributed by atoms with E-state index < -0.39 is 32.9 Å². The highest BCUT2D eigenvalue weighted by molar-refractivity contribution is 7.88. The van der Waals surface area contributed by atoms with Crippen LogP contribution in [0.4, 0.5) is 13.2 Å². The maximum Gasteiger partial charge on any atom is 0.534 e. The van der Waals surface area contributed by atoms with E-state index in [0.29, 0.717) is 23.5 Å². The molecule has 0 saturated heterocycles. The second-order valence-corrected chi connectivity index (χ2v) is 9.04. The molecule has 0 radical (unpaired) electrons. The van der Waals surface area contributed by atoms with Crippen LogP contribution in [0.1, 0.15) is 15.9 Å². The lowest BCUT2D eigenvalue weighted by atomic mass is 10.0. The van der Waals surface area contributed by atoms with Crippen LogP contribution in [0.15, 0.2) is 79.0 Å². The fourth-order valence-electron chi connectivity index (χ4n) is 3.40. The molecule has 0 aliphatic carbocycles. The Bertz CT molecular complexity index is 1520. The lowest BCUT2D eigenvalue weighted by molar-refractivity contribution is -0.0500. The minimum Gasteiger partial charge on any atom is -0.489 e. The van der Waals surface area contributed by atoms with Crippen molar-refractivity contribution in [3.05, 3.63) is 90.1 Å². The summed E-state index contributed by atoms with van der Waals surface area (Å²) >= 11 is 0. The molecule has 0 amide bonds. The lowest BCUT2D eigenvalue weighted by Crippen LogP contribution is -2.28. The van der Waals surface area contributed by atoms with Gasteiger partial charge in [0.05, 0.1) is 18.8 Å². The Morgan fingerprint density at radius 1 is 0.944 bits per heavy atom. The van der Waals surface area contributed by atoms with Crippen molar-refractivity contribution in [2.24, 2.45) is 0 Å². The van der Waals surface area contributed by atoms with Crippen molar-refractivity contribution < 1.29 is 40.0 Å². The molecular formula is C25H18F3NO6S. The molecule has 1 heterocycles. The first kappa shape index (κ1) is 25.0. The Balaban J connectivity index is 1.74. The summed E-state index contributed by atoms with van der Waals surface area (Å²) in [7, 11) is -5.04.